The first-order valence-corrected chi connectivity index (χ1v) is 8.33. The maximum atomic E-state index is 12.1. The lowest BCUT2D eigenvalue weighted by Gasteiger charge is -2.21. The van der Waals surface area contributed by atoms with Gasteiger partial charge >= 0.3 is 0 Å². The van der Waals surface area contributed by atoms with Gasteiger partial charge in [0.15, 0.2) is 0 Å². The van der Waals surface area contributed by atoms with Crippen LogP contribution in [0.3, 0.4) is 0 Å². The highest BCUT2D eigenvalue weighted by molar-refractivity contribution is 7.99. The minimum atomic E-state index is -3.72. The predicted molar refractivity (Wildman–Crippen MR) is 73.4 cm³/mol. The lowest BCUT2D eigenvalue weighted by Crippen LogP contribution is -2.41. The van der Waals surface area contributed by atoms with Crippen LogP contribution in [0.25, 0.3) is 0 Å². The number of pyridine rings is 1. The number of aliphatic hydroxyl groups is 1. The molecule has 0 saturated carbocycles. The Morgan fingerprint density at radius 2 is 2.28 bits per heavy atom. The lowest BCUT2D eigenvalue weighted by atomic mass is 10.3. The van der Waals surface area contributed by atoms with Crippen molar-refractivity contribution < 1.29 is 13.5 Å². The Kier molecular flexibility index (Phi) is 5.87. The van der Waals surface area contributed by atoms with Crippen molar-refractivity contribution >= 4 is 33.4 Å². The molecule has 1 aromatic rings. The molecule has 0 saturated heterocycles. The van der Waals surface area contributed by atoms with Crippen molar-refractivity contribution in [2.75, 3.05) is 12.9 Å². The summed E-state index contributed by atoms with van der Waals surface area (Å²) in [6.07, 6.45) is 3.23. The smallest absolute Gasteiger partial charge is 0.243 e. The predicted octanol–water partition coefficient (Wildman–Crippen LogP) is 1.13. The number of thioether (sulfide) groups is 1. The van der Waals surface area contributed by atoms with Crippen molar-refractivity contribution in [1.82, 2.24) is 9.71 Å². The molecule has 0 aromatic carbocycles. The van der Waals surface area contributed by atoms with Gasteiger partial charge in [-0.25, -0.2) is 18.1 Å². The fraction of sp³-hybridized carbons (Fsp3) is 0.500. The number of aliphatic hydroxyl groups excluding tert-OH is 1. The van der Waals surface area contributed by atoms with E-state index in [4.69, 9.17) is 16.7 Å². The lowest BCUT2D eigenvalue weighted by molar-refractivity contribution is 0.282. The van der Waals surface area contributed by atoms with E-state index in [9.17, 15) is 8.42 Å². The van der Waals surface area contributed by atoms with Crippen molar-refractivity contribution in [3.8, 4) is 0 Å². The van der Waals surface area contributed by atoms with Crippen LogP contribution in [0.5, 0.6) is 0 Å². The number of hydrogen-bond acceptors (Lipinski definition) is 5. The van der Waals surface area contributed by atoms with Crippen molar-refractivity contribution in [2.24, 2.45) is 0 Å². The van der Waals surface area contributed by atoms with Crippen molar-refractivity contribution in [3.63, 3.8) is 0 Å². The van der Waals surface area contributed by atoms with Gasteiger partial charge in [0, 0.05) is 17.5 Å². The average Bonchev–Trinajstić information content (AvgIpc) is 2.30. The van der Waals surface area contributed by atoms with Gasteiger partial charge in [0.2, 0.25) is 10.0 Å². The highest BCUT2D eigenvalue weighted by Gasteiger charge is 2.24. The summed E-state index contributed by atoms with van der Waals surface area (Å²) in [4.78, 5) is 3.67. The third kappa shape index (κ3) is 3.83. The van der Waals surface area contributed by atoms with E-state index in [0.29, 0.717) is 0 Å². The van der Waals surface area contributed by atoms with Gasteiger partial charge in [-0.1, -0.05) is 11.6 Å². The highest BCUT2D eigenvalue weighted by atomic mass is 35.5. The number of halogens is 1. The molecule has 0 aliphatic carbocycles. The van der Waals surface area contributed by atoms with Crippen molar-refractivity contribution in [3.05, 3.63) is 23.5 Å². The quantitative estimate of drug-likeness (QED) is 0.770. The molecule has 5 nitrogen and oxygen atoms in total. The molecule has 8 heteroatoms. The number of nitrogens with one attached hydrogen (secondary N) is 1. The van der Waals surface area contributed by atoms with Gasteiger partial charge in [-0.2, -0.15) is 11.8 Å². The molecule has 102 valence electrons. The summed E-state index contributed by atoms with van der Waals surface area (Å²) in [5.74, 6) is 0. The standard InChI is InChI=1S/C10H15ClN2O3S2/c1-7(8(6-14)17-2)13-18(15,16)9-4-3-5-12-10(9)11/h3-5,7-8,13-14H,6H2,1-2H3. The molecule has 0 amide bonds. The number of nitrogens with zero attached hydrogens (tertiary/aromatic N) is 1. The number of hydrogen-bond donors (Lipinski definition) is 2. The van der Waals surface area contributed by atoms with E-state index in [1.54, 1.807) is 6.92 Å². The molecule has 0 aliphatic rings. The van der Waals surface area contributed by atoms with Crippen molar-refractivity contribution in [2.45, 2.75) is 23.1 Å². The molecule has 1 aromatic heterocycles. The fourth-order valence-corrected chi connectivity index (χ4v) is 3.84. The summed E-state index contributed by atoms with van der Waals surface area (Å²) in [6, 6.07) is 2.48. The van der Waals surface area contributed by atoms with Crippen LogP contribution in [0.4, 0.5) is 0 Å². The third-order valence-electron chi connectivity index (χ3n) is 2.40. The topological polar surface area (TPSA) is 79.3 Å². The van der Waals surface area contributed by atoms with E-state index in [1.165, 1.54) is 30.1 Å². The van der Waals surface area contributed by atoms with Gasteiger partial charge in [-0.05, 0) is 25.3 Å². The van der Waals surface area contributed by atoms with E-state index in [1.807, 2.05) is 6.26 Å². The van der Waals surface area contributed by atoms with Crippen LogP contribution >= 0.6 is 23.4 Å². The first kappa shape index (κ1) is 15.7. The Morgan fingerprint density at radius 3 is 2.78 bits per heavy atom. The van der Waals surface area contributed by atoms with Gasteiger partial charge in [-0.15, -0.1) is 0 Å². The molecule has 0 radical (unpaired) electrons. The van der Waals surface area contributed by atoms with Crippen LogP contribution in [-0.2, 0) is 10.0 Å². The van der Waals surface area contributed by atoms with E-state index in [-0.39, 0.29) is 21.9 Å². The Balaban J connectivity index is 2.93. The summed E-state index contributed by atoms with van der Waals surface area (Å²) in [5.41, 5.74) is 0. The summed E-state index contributed by atoms with van der Waals surface area (Å²) in [6.45, 7) is 1.59. The van der Waals surface area contributed by atoms with Crippen LogP contribution in [0.2, 0.25) is 5.15 Å². The monoisotopic (exact) mass is 310 g/mol. The number of rotatable bonds is 6. The second-order valence-electron chi connectivity index (χ2n) is 3.66. The van der Waals surface area contributed by atoms with E-state index < -0.39 is 16.1 Å². The van der Waals surface area contributed by atoms with Crippen LogP contribution in [-0.4, -0.2) is 42.7 Å². The Labute approximate surface area is 116 Å². The van der Waals surface area contributed by atoms with Gasteiger partial charge < -0.3 is 5.11 Å². The summed E-state index contributed by atoms with van der Waals surface area (Å²) < 4.78 is 26.6. The average molecular weight is 311 g/mol. The second-order valence-corrected chi connectivity index (χ2v) is 6.78. The van der Waals surface area contributed by atoms with Gasteiger partial charge in [0.1, 0.15) is 10.0 Å². The Bertz CT molecular complexity index is 492. The third-order valence-corrected chi connectivity index (χ3v) is 5.56. The Hall–Kier alpha value is -0.340. The van der Waals surface area contributed by atoms with Gasteiger partial charge in [-0.3, -0.25) is 0 Å². The van der Waals surface area contributed by atoms with E-state index >= 15 is 0 Å². The van der Waals surface area contributed by atoms with Crippen LogP contribution in [0.15, 0.2) is 23.2 Å². The van der Waals surface area contributed by atoms with Gasteiger partial charge in [0.25, 0.3) is 0 Å². The van der Waals surface area contributed by atoms with Crippen LogP contribution in [0.1, 0.15) is 6.92 Å². The highest BCUT2D eigenvalue weighted by Crippen LogP contribution is 2.19. The molecule has 1 rings (SSSR count). The molecular weight excluding hydrogens is 296 g/mol. The normalized spacial score (nSPS) is 15.3. The van der Waals surface area contributed by atoms with Gasteiger partial charge in [0.05, 0.1) is 6.61 Å². The van der Waals surface area contributed by atoms with Crippen LogP contribution in [0, 0.1) is 0 Å². The SMILES string of the molecule is CSC(CO)C(C)NS(=O)(=O)c1cccnc1Cl. The molecule has 2 unspecified atom stereocenters. The zero-order chi connectivity index (χ0) is 13.8. The maximum Gasteiger partial charge on any atom is 0.243 e. The fourth-order valence-electron chi connectivity index (χ4n) is 1.39. The molecule has 0 bridgehead atoms. The zero-order valence-corrected chi connectivity index (χ0v) is 12.4. The molecule has 18 heavy (non-hydrogen) atoms. The molecule has 2 N–H and O–H groups in total. The number of aromatic nitrogens is 1. The summed E-state index contributed by atoms with van der Waals surface area (Å²) in [5, 5.41) is 8.84. The largest absolute Gasteiger partial charge is 0.395 e. The Morgan fingerprint density at radius 1 is 1.61 bits per heavy atom. The zero-order valence-electron chi connectivity index (χ0n) is 10.00. The van der Waals surface area contributed by atoms with E-state index in [2.05, 4.69) is 9.71 Å². The van der Waals surface area contributed by atoms with Crippen LogP contribution < -0.4 is 4.72 Å². The maximum absolute atomic E-state index is 12.1. The first-order valence-electron chi connectivity index (χ1n) is 5.19. The minimum Gasteiger partial charge on any atom is -0.395 e. The minimum absolute atomic E-state index is 0.0590. The molecular formula is C10H15ClN2O3S2. The molecule has 0 aliphatic heterocycles. The number of sulfonamides is 1. The second kappa shape index (κ2) is 6.72. The molecule has 0 spiro atoms. The molecule has 0 fully saturated rings. The van der Waals surface area contributed by atoms with Crippen molar-refractivity contribution in [1.29, 1.82) is 0 Å². The first-order chi connectivity index (χ1) is 8.42. The molecule has 1 heterocycles. The summed E-state index contributed by atoms with van der Waals surface area (Å²) >= 11 is 7.15. The summed E-state index contributed by atoms with van der Waals surface area (Å²) in [7, 11) is -3.72. The molecule has 2 atom stereocenters. The van der Waals surface area contributed by atoms with E-state index in [0.717, 1.165) is 0 Å².